The van der Waals surface area contributed by atoms with Crippen molar-refractivity contribution in [3.8, 4) is 5.75 Å². The van der Waals surface area contributed by atoms with Crippen molar-refractivity contribution in [2.45, 2.75) is 38.6 Å². The van der Waals surface area contributed by atoms with Crippen molar-refractivity contribution < 1.29 is 23.5 Å². The Balaban J connectivity index is 1.53. The van der Waals surface area contributed by atoms with Gasteiger partial charge in [0.2, 0.25) is 11.8 Å². The van der Waals surface area contributed by atoms with Gasteiger partial charge in [-0.15, -0.1) is 0 Å². The topological polar surface area (TPSA) is 70.2 Å². The summed E-state index contributed by atoms with van der Waals surface area (Å²) >= 11 is 6.11. The van der Waals surface area contributed by atoms with Gasteiger partial charge in [-0.2, -0.15) is 0 Å². The molecule has 36 heavy (non-hydrogen) atoms. The van der Waals surface area contributed by atoms with Crippen molar-refractivity contribution in [1.82, 2.24) is 14.7 Å². The molecule has 2 aliphatic heterocycles. The number of nitrogens with zero attached hydrogens (tertiary/aromatic N) is 3. The number of benzene rings is 2. The monoisotopic (exact) mass is 515 g/mol. The van der Waals surface area contributed by atoms with E-state index in [9.17, 15) is 18.8 Å². The molecule has 0 radical (unpaired) electrons. The van der Waals surface area contributed by atoms with Crippen molar-refractivity contribution in [3.63, 3.8) is 0 Å². The molecule has 2 unspecified atom stereocenters. The van der Waals surface area contributed by atoms with E-state index in [0.29, 0.717) is 50.6 Å². The number of likely N-dealkylation sites (N-methyl/N-ethyl adjacent to an activating group) is 1. The molecule has 2 aliphatic rings. The summed E-state index contributed by atoms with van der Waals surface area (Å²) in [5.74, 6) is -0.336. The van der Waals surface area contributed by atoms with E-state index in [4.69, 9.17) is 16.3 Å². The maximum absolute atomic E-state index is 13.5. The zero-order valence-electron chi connectivity index (χ0n) is 20.5. The zero-order chi connectivity index (χ0) is 25.8. The Bertz CT molecular complexity index is 1090. The number of amides is 3. The molecule has 192 valence electrons. The maximum atomic E-state index is 13.5. The number of hydrogen-bond acceptors (Lipinski definition) is 4. The van der Waals surface area contributed by atoms with Gasteiger partial charge in [0.1, 0.15) is 11.6 Å². The number of piperidine rings is 1. The Hall–Kier alpha value is -3.13. The molecular weight excluding hydrogens is 485 g/mol. The molecule has 0 bridgehead atoms. The smallest absolute Gasteiger partial charge is 0.410 e. The minimum absolute atomic E-state index is 0.0307. The number of rotatable bonds is 5. The molecule has 0 aliphatic carbocycles. The number of ether oxygens (including phenoxy) is 1. The fourth-order valence-electron chi connectivity index (χ4n) is 5.18. The lowest BCUT2D eigenvalue weighted by molar-refractivity contribution is -0.139. The lowest BCUT2D eigenvalue weighted by Gasteiger charge is -2.33. The quantitative estimate of drug-likeness (QED) is 0.585. The molecule has 2 aromatic rings. The second-order valence-corrected chi connectivity index (χ2v) is 9.79. The predicted octanol–water partition coefficient (Wildman–Crippen LogP) is 4.55. The summed E-state index contributed by atoms with van der Waals surface area (Å²) in [6.45, 7) is 5.81. The molecule has 3 amide bonds. The van der Waals surface area contributed by atoms with E-state index in [0.717, 1.165) is 5.56 Å². The Labute approximate surface area is 215 Å². The van der Waals surface area contributed by atoms with E-state index in [1.807, 2.05) is 36.1 Å². The number of likely N-dealkylation sites (tertiary alicyclic amines) is 2. The molecule has 2 saturated heterocycles. The molecule has 4 rings (SSSR count). The Morgan fingerprint density at radius 1 is 1.00 bits per heavy atom. The molecule has 7 nitrogen and oxygen atoms in total. The normalized spacial score (nSPS) is 20.3. The molecule has 0 saturated carbocycles. The van der Waals surface area contributed by atoms with Crippen LogP contribution in [-0.4, -0.2) is 71.4 Å². The molecule has 2 atom stereocenters. The average Bonchev–Trinajstić information content (AvgIpc) is 3.31. The van der Waals surface area contributed by atoms with E-state index in [2.05, 4.69) is 0 Å². The molecule has 0 N–H and O–H groups in total. The summed E-state index contributed by atoms with van der Waals surface area (Å²) < 4.78 is 18.8. The van der Waals surface area contributed by atoms with Crippen LogP contribution in [-0.2, 0) is 9.59 Å². The van der Waals surface area contributed by atoms with Crippen LogP contribution < -0.4 is 4.74 Å². The SMILES string of the molecule is CCN(C(=O)Oc1ccc(F)cc1)C1CN(C(=O)C2CCN(C(C)=O)CC2)CC1c1ccc(Cl)cc1. The molecular formula is C27H31ClFN3O4. The molecule has 2 fully saturated rings. The van der Waals surface area contributed by atoms with Crippen LogP contribution in [0.15, 0.2) is 48.5 Å². The largest absolute Gasteiger partial charge is 0.415 e. The van der Waals surface area contributed by atoms with E-state index >= 15 is 0 Å². The summed E-state index contributed by atoms with van der Waals surface area (Å²) in [5.41, 5.74) is 0.985. The first kappa shape index (κ1) is 25.9. The second kappa shape index (κ2) is 11.3. The van der Waals surface area contributed by atoms with Crippen molar-refractivity contribution in [3.05, 3.63) is 64.9 Å². The first-order valence-corrected chi connectivity index (χ1v) is 12.7. The third-order valence-corrected chi connectivity index (χ3v) is 7.43. The van der Waals surface area contributed by atoms with Crippen LogP contribution in [0.4, 0.5) is 9.18 Å². The average molecular weight is 516 g/mol. The summed E-state index contributed by atoms with van der Waals surface area (Å²) in [6, 6.07) is 12.5. The molecule has 0 spiro atoms. The first-order valence-electron chi connectivity index (χ1n) is 12.3. The van der Waals surface area contributed by atoms with E-state index in [-0.39, 0.29) is 35.4 Å². The van der Waals surface area contributed by atoms with Crippen LogP contribution in [0.5, 0.6) is 5.75 Å². The van der Waals surface area contributed by atoms with Gasteiger partial charge in [0.05, 0.1) is 6.04 Å². The molecule has 9 heteroatoms. The summed E-state index contributed by atoms with van der Waals surface area (Å²) in [6.07, 6.45) is 0.724. The van der Waals surface area contributed by atoms with Crippen LogP contribution in [0, 0.1) is 11.7 Å². The van der Waals surface area contributed by atoms with Gasteiger partial charge in [-0.05, 0) is 61.7 Å². The Morgan fingerprint density at radius 2 is 1.64 bits per heavy atom. The van der Waals surface area contributed by atoms with Crippen LogP contribution in [0.25, 0.3) is 0 Å². The first-order chi connectivity index (χ1) is 17.3. The minimum atomic E-state index is -0.544. The molecule has 2 aromatic carbocycles. The Kier molecular flexibility index (Phi) is 8.14. The van der Waals surface area contributed by atoms with Gasteiger partial charge in [-0.25, -0.2) is 9.18 Å². The van der Waals surface area contributed by atoms with Crippen LogP contribution in [0.2, 0.25) is 5.02 Å². The highest BCUT2D eigenvalue weighted by Crippen LogP contribution is 2.34. The van der Waals surface area contributed by atoms with Gasteiger partial charge < -0.3 is 19.4 Å². The number of hydrogen-bond donors (Lipinski definition) is 0. The maximum Gasteiger partial charge on any atom is 0.415 e. The van der Waals surface area contributed by atoms with E-state index in [1.165, 1.54) is 24.3 Å². The highest BCUT2D eigenvalue weighted by molar-refractivity contribution is 6.30. The van der Waals surface area contributed by atoms with Crippen molar-refractivity contribution in [2.75, 3.05) is 32.7 Å². The third-order valence-electron chi connectivity index (χ3n) is 7.18. The van der Waals surface area contributed by atoms with Crippen LogP contribution in [0.3, 0.4) is 0 Å². The van der Waals surface area contributed by atoms with Crippen molar-refractivity contribution >= 4 is 29.5 Å². The third kappa shape index (κ3) is 5.81. The second-order valence-electron chi connectivity index (χ2n) is 9.36. The van der Waals surface area contributed by atoms with Gasteiger partial charge in [-0.1, -0.05) is 23.7 Å². The van der Waals surface area contributed by atoms with Gasteiger partial charge in [0.15, 0.2) is 0 Å². The minimum Gasteiger partial charge on any atom is -0.410 e. The molecule has 0 aromatic heterocycles. The fraction of sp³-hybridized carbons (Fsp3) is 0.444. The van der Waals surface area contributed by atoms with Crippen molar-refractivity contribution in [1.29, 1.82) is 0 Å². The van der Waals surface area contributed by atoms with Crippen LogP contribution >= 0.6 is 11.6 Å². The van der Waals surface area contributed by atoms with Gasteiger partial charge in [0, 0.05) is 56.5 Å². The standard InChI is InChI=1S/C27H31ClFN3O4/c1-3-32(27(35)36-23-10-8-22(29)9-11-23)25-17-31(16-24(25)19-4-6-21(28)7-5-19)26(34)20-12-14-30(15-13-20)18(2)33/h4-11,20,24-25H,3,12-17H2,1-2H3. The number of carbonyl (C=O) groups is 3. The van der Waals surface area contributed by atoms with Gasteiger partial charge in [-0.3, -0.25) is 9.59 Å². The van der Waals surface area contributed by atoms with E-state index in [1.54, 1.807) is 16.7 Å². The highest BCUT2D eigenvalue weighted by atomic mass is 35.5. The van der Waals surface area contributed by atoms with E-state index < -0.39 is 11.9 Å². The Morgan fingerprint density at radius 3 is 2.22 bits per heavy atom. The lowest BCUT2D eigenvalue weighted by Crippen LogP contribution is -2.47. The van der Waals surface area contributed by atoms with Crippen LogP contribution in [0.1, 0.15) is 38.2 Å². The summed E-state index contributed by atoms with van der Waals surface area (Å²) in [7, 11) is 0. The fourth-order valence-corrected chi connectivity index (χ4v) is 5.31. The number of halogens is 2. The van der Waals surface area contributed by atoms with Gasteiger partial charge >= 0.3 is 6.09 Å². The number of carbonyl (C=O) groups excluding carboxylic acids is 3. The zero-order valence-corrected chi connectivity index (χ0v) is 21.3. The summed E-state index contributed by atoms with van der Waals surface area (Å²) in [4.78, 5) is 43.6. The highest BCUT2D eigenvalue weighted by Gasteiger charge is 2.43. The lowest BCUT2D eigenvalue weighted by atomic mass is 9.93. The summed E-state index contributed by atoms with van der Waals surface area (Å²) in [5, 5.41) is 0.613. The predicted molar refractivity (Wildman–Crippen MR) is 134 cm³/mol. The molecule has 2 heterocycles. The van der Waals surface area contributed by atoms with Gasteiger partial charge in [0.25, 0.3) is 0 Å². The van der Waals surface area contributed by atoms with Crippen molar-refractivity contribution in [2.24, 2.45) is 5.92 Å².